The molecule has 110 valence electrons. The van der Waals surface area contributed by atoms with Crippen LogP contribution in [0.5, 0.6) is 0 Å². The van der Waals surface area contributed by atoms with Gasteiger partial charge in [-0.15, -0.1) is 0 Å². The van der Waals surface area contributed by atoms with Crippen LogP contribution in [0.25, 0.3) is 0 Å². The number of piperidine rings is 1. The maximum absolute atomic E-state index is 12.4. The van der Waals surface area contributed by atoms with E-state index in [1.165, 1.54) is 6.26 Å². The van der Waals surface area contributed by atoms with E-state index >= 15 is 0 Å². The fraction of sp³-hybridized carbons (Fsp3) is 0.917. The third-order valence-corrected chi connectivity index (χ3v) is 4.77. The number of nitrogens with one attached hydrogen (secondary N) is 2. The van der Waals surface area contributed by atoms with Crippen molar-refractivity contribution < 1.29 is 13.2 Å². The summed E-state index contributed by atoms with van der Waals surface area (Å²) in [5.74, 6) is 0.155. The topological polar surface area (TPSA) is 78.5 Å². The molecule has 2 saturated heterocycles. The molecule has 2 heterocycles. The highest BCUT2D eigenvalue weighted by Crippen LogP contribution is 2.23. The van der Waals surface area contributed by atoms with Crippen molar-refractivity contribution in [1.82, 2.24) is 14.9 Å². The van der Waals surface area contributed by atoms with Gasteiger partial charge in [0.1, 0.15) is 0 Å². The average molecular weight is 289 g/mol. The summed E-state index contributed by atoms with van der Waals surface area (Å²) < 4.78 is 25.0. The molecule has 0 aromatic carbocycles. The van der Waals surface area contributed by atoms with E-state index in [1.807, 2.05) is 11.8 Å². The fourth-order valence-corrected chi connectivity index (χ4v) is 3.77. The number of carbonyl (C=O) groups excluding carboxylic acids is 1. The second kappa shape index (κ2) is 5.38. The monoisotopic (exact) mass is 289 g/mol. The summed E-state index contributed by atoms with van der Waals surface area (Å²) in [5, 5.41) is 3.28. The number of sulfonamides is 1. The van der Waals surface area contributed by atoms with Crippen molar-refractivity contribution in [2.24, 2.45) is 0 Å². The van der Waals surface area contributed by atoms with Crippen LogP contribution in [0.1, 0.15) is 32.6 Å². The standard InChI is InChI=1S/C12H23N3O3S/c1-12(6-3-7-13-12)11(16)15-8-4-10(5-9-15)14-19(2,17)18/h10,13-14H,3-9H2,1-2H3. The lowest BCUT2D eigenvalue weighted by Gasteiger charge is -2.37. The molecule has 0 aromatic rings. The number of amides is 1. The molecule has 0 aliphatic carbocycles. The summed E-state index contributed by atoms with van der Waals surface area (Å²) in [7, 11) is -3.15. The third kappa shape index (κ3) is 3.67. The SMILES string of the molecule is CC1(C(=O)N2CCC(NS(C)(=O)=O)CC2)CCCN1. The van der Waals surface area contributed by atoms with E-state index in [0.717, 1.165) is 19.4 Å². The number of hydrogen-bond donors (Lipinski definition) is 2. The van der Waals surface area contributed by atoms with Gasteiger partial charge in [0.05, 0.1) is 11.8 Å². The van der Waals surface area contributed by atoms with Gasteiger partial charge in [-0.2, -0.15) is 0 Å². The van der Waals surface area contributed by atoms with Crippen molar-refractivity contribution >= 4 is 15.9 Å². The summed E-state index contributed by atoms with van der Waals surface area (Å²) in [6.07, 6.45) is 4.47. The summed E-state index contributed by atoms with van der Waals surface area (Å²) in [6, 6.07) is -0.0385. The molecule has 7 heteroatoms. The van der Waals surface area contributed by atoms with Crippen molar-refractivity contribution in [2.75, 3.05) is 25.9 Å². The van der Waals surface area contributed by atoms with Crippen LogP contribution in [0.4, 0.5) is 0 Å². The van der Waals surface area contributed by atoms with Gasteiger partial charge in [0.15, 0.2) is 0 Å². The second-order valence-electron chi connectivity index (χ2n) is 5.82. The molecule has 0 spiro atoms. The van der Waals surface area contributed by atoms with Crippen molar-refractivity contribution in [3.05, 3.63) is 0 Å². The highest BCUT2D eigenvalue weighted by atomic mass is 32.2. The Bertz CT molecular complexity index is 435. The number of nitrogens with zero attached hydrogens (tertiary/aromatic N) is 1. The molecule has 2 rings (SSSR count). The van der Waals surface area contributed by atoms with Crippen LogP contribution in [0, 0.1) is 0 Å². The molecule has 2 aliphatic rings. The average Bonchev–Trinajstić information content (AvgIpc) is 2.75. The fourth-order valence-electron chi connectivity index (χ4n) is 2.93. The third-order valence-electron chi connectivity index (χ3n) is 4.00. The van der Waals surface area contributed by atoms with Crippen LogP contribution < -0.4 is 10.0 Å². The summed E-state index contributed by atoms with van der Waals surface area (Å²) in [6.45, 7) is 4.12. The maximum Gasteiger partial charge on any atom is 0.242 e. The van der Waals surface area contributed by atoms with Gasteiger partial charge >= 0.3 is 0 Å². The Morgan fingerprint density at radius 3 is 2.47 bits per heavy atom. The Hall–Kier alpha value is -0.660. The van der Waals surface area contributed by atoms with Gasteiger partial charge in [0, 0.05) is 19.1 Å². The molecule has 0 radical (unpaired) electrons. The quantitative estimate of drug-likeness (QED) is 0.745. The normalized spacial score (nSPS) is 29.7. The van der Waals surface area contributed by atoms with Gasteiger partial charge in [-0.25, -0.2) is 13.1 Å². The minimum atomic E-state index is -3.15. The minimum Gasteiger partial charge on any atom is -0.341 e. The van der Waals surface area contributed by atoms with Crippen molar-refractivity contribution in [3.63, 3.8) is 0 Å². The predicted octanol–water partition coefficient (Wildman–Crippen LogP) is -0.331. The van der Waals surface area contributed by atoms with Crippen molar-refractivity contribution in [3.8, 4) is 0 Å². The van der Waals surface area contributed by atoms with E-state index in [1.54, 1.807) is 0 Å². The number of rotatable bonds is 3. The molecule has 19 heavy (non-hydrogen) atoms. The highest BCUT2D eigenvalue weighted by Gasteiger charge is 2.39. The highest BCUT2D eigenvalue weighted by molar-refractivity contribution is 7.88. The zero-order valence-corrected chi connectivity index (χ0v) is 12.4. The molecule has 0 saturated carbocycles. The largest absolute Gasteiger partial charge is 0.341 e. The number of carbonyl (C=O) groups is 1. The number of likely N-dealkylation sites (tertiary alicyclic amines) is 1. The second-order valence-corrected chi connectivity index (χ2v) is 7.60. The number of hydrogen-bond acceptors (Lipinski definition) is 4. The Kier molecular flexibility index (Phi) is 4.17. The van der Waals surface area contributed by atoms with Gasteiger partial charge in [0.25, 0.3) is 0 Å². The first-order valence-electron chi connectivity index (χ1n) is 6.82. The lowest BCUT2D eigenvalue weighted by molar-refractivity contribution is -0.138. The Balaban J connectivity index is 1.88. The molecular weight excluding hydrogens is 266 g/mol. The summed E-state index contributed by atoms with van der Waals surface area (Å²) in [5.41, 5.74) is -0.420. The van der Waals surface area contributed by atoms with Crippen LogP contribution in [0.2, 0.25) is 0 Å². The van der Waals surface area contributed by atoms with Gasteiger partial charge in [-0.1, -0.05) is 0 Å². The maximum atomic E-state index is 12.4. The van der Waals surface area contributed by atoms with Crippen LogP contribution in [0.3, 0.4) is 0 Å². The zero-order chi connectivity index (χ0) is 14.1. The first-order valence-corrected chi connectivity index (χ1v) is 8.71. The molecule has 2 N–H and O–H groups in total. The molecule has 1 unspecified atom stereocenters. The van der Waals surface area contributed by atoms with E-state index in [0.29, 0.717) is 25.9 Å². The van der Waals surface area contributed by atoms with E-state index in [2.05, 4.69) is 10.0 Å². The van der Waals surface area contributed by atoms with Crippen LogP contribution in [-0.2, 0) is 14.8 Å². The predicted molar refractivity (Wildman–Crippen MR) is 73.2 cm³/mol. The molecule has 1 atom stereocenters. The van der Waals surface area contributed by atoms with Gasteiger partial charge in [-0.3, -0.25) is 4.79 Å². The van der Waals surface area contributed by atoms with Gasteiger partial charge in [0.2, 0.25) is 15.9 Å². The van der Waals surface area contributed by atoms with Crippen LogP contribution in [-0.4, -0.2) is 56.7 Å². The molecule has 2 fully saturated rings. The molecule has 2 aliphatic heterocycles. The lowest BCUT2D eigenvalue weighted by atomic mass is 9.96. The first kappa shape index (κ1) is 14.7. The summed E-state index contributed by atoms with van der Waals surface area (Å²) in [4.78, 5) is 14.3. The molecule has 1 amide bonds. The van der Waals surface area contributed by atoms with Crippen LogP contribution in [0.15, 0.2) is 0 Å². The van der Waals surface area contributed by atoms with Gasteiger partial charge < -0.3 is 10.2 Å². The van der Waals surface area contributed by atoms with E-state index in [4.69, 9.17) is 0 Å². The molecule has 0 aromatic heterocycles. The van der Waals surface area contributed by atoms with Crippen molar-refractivity contribution in [1.29, 1.82) is 0 Å². The van der Waals surface area contributed by atoms with E-state index in [9.17, 15) is 13.2 Å². The van der Waals surface area contributed by atoms with Crippen molar-refractivity contribution in [2.45, 2.75) is 44.2 Å². The molecule has 6 nitrogen and oxygen atoms in total. The first-order chi connectivity index (χ1) is 8.80. The van der Waals surface area contributed by atoms with E-state index in [-0.39, 0.29) is 11.9 Å². The zero-order valence-electron chi connectivity index (χ0n) is 11.6. The van der Waals surface area contributed by atoms with Crippen LogP contribution >= 0.6 is 0 Å². The molecular formula is C12H23N3O3S. The Morgan fingerprint density at radius 1 is 1.37 bits per heavy atom. The Morgan fingerprint density at radius 2 is 2.00 bits per heavy atom. The smallest absolute Gasteiger partial charge is 0.242 e. The Labute approximate surface area is 115 Å². The lowest BCUT2D eigenvalue weighted by Crippen LogP contribution is -2.56. The van der Waals surface area contributed by atoms with E-state index < -0.39 is 15.6 Å². The minimum absolute atomic E-state index is 0.0385. The molecule has 0 bridgehead atoms. The summed E-state index contributed by atoms with van der Waals surface area (Å²) >= 11 is 0. The van der Waals surface area contributed by atoms with Gasteiger partial charge in [-0.05, 0) is 39.2 Å².